The Morgan fingerprint density at radius 2 is 1.68 bits per heavy atom. The number of rotatable bonds is 7. The van der Waals surface area contributed by atoms with Gasteiger partial charge in [-0.05, 0) is 48.2 Å². The van der Waals surface area contributed by atoms with Gasteiger partial charge in [0, 0.05) is 37.3 Å². The number of amides is 2. The van der Waals surface area contributed by atoms with Crippen molar-refractivity contribution in [2.75, 3.05) is 18.0 Å². The molecule has 1 aliphatic rings. The average Bonchev–Trinajstić information content (AvgIpc) is 3.21. The highest BCUT2D eigenvalue weighted by molar-refractivity contribution is 6.30. The van der Waals surface area contributed by atoms with E-state index in [-0.39, 0.29) is 24.3 Å². The minimum absolute atomic E-state index is 0.114. The summed E-state index contributed by atoms with van der Waals surface area (Å²) in [4.78, 5) is 26.3. The Kier molecular flexibility index (Phi) is 6.93. The third-order valence-corrected chi connectivity index (χ3v) is 5.19. The molecule has 0 aliphatic carbocycles. The molecule has 2 aromatic rings. The Labute approximate surface area is 171 Å². The van der Waals surface area contributed by atoms with Crippen LogP contribution in [0, 0.1) is 0 Å². The third kappa shape index (κ3) is 5.73. The predicted molar refractivity (Wildman–Crippen MR) is 112 cm³/mol. The maximum Gasteiger partial charge on any atom is 0.222 e. The molecule has 0 spiro atoms. The van der Waals surface area contributed by atoms with Crippen LogP contribution in [0.25, 0.3) is 0 Å². The summed E-state index contributed by atoms with van der Waals surface area (Å²) in [5, 5.41) is 6.40. The molecular formula is C22H26ClN3O2. The summed E-state index contributed by atoms with van der Waals surface area (Å²) in [6.45, 7) is 4.14. The van der Waals surface area contributed by atoms with Gasteiger partial charge in [0.05, 0.1) is 12.5 Å². The van der Waals surface area contributed by atoms with Crippen LogP contribution in [0.3, 0.4) is 0 Å². The largest absolute Gasteiger partial charge is 0.372 e. The second-order valence-corrected chi connectivity index (χ2v) is 7.58. The number of halogens is 1. The highest BCUT2D eigenvalue weighted by Gasteiger charge is 2.17. The molecule has 1 unspecified atom stereocenters. The normalized spacial score (nSPS) is 14.6. The maximum atomic E-state index is 12.4. The van der Waals surface area contributed by atoms with E-state index in [1.165, 1.54) is 25.5 Å². The summed E-state index contributed by atoms with van der Waals surface area (Å²) in [6.07, 6.45) is 2.68. The zero-order chi connectivity index (χ0) is 19.9. The van der Waals surface area contributed by atoms with E-state index in [1.54, 1.807) is 12.1 Å². The number of hydrogen-bond donors (Lipinski definition) is 2. The first-order valence-electron chi connectivity index (χ1n) is 9.64. The lowest BCUT2D eigenvalue weighted by Gasteiger charge is -2.19. The van der Waals surface area contributed by atoms with Crippen molar-refractivity contribution in [3.8, 4) is 0 Å². The molecule has 1 atom stereocenters. The predicted octanol–water partition coefficient (Wildman–Crippen LogP) is 3.82. The summed E-state index contributed by atoms with van der Waals surface area (Å²) in [5.74, 6) is -0.289. The number of carbonyl (C=O) groups is 2. The van der Waals surface area contributed by atoms with Crippen molar-refractivity contribution in [2.45, 2.75) is 38.8 Å². The molecule has 148 valence electrons. The average molecular weight is 400 g/mol. The van der Waals surface area contributed by atoms with Crippen molar-refractivity contribution in [1.82, 2.24) is 10.6 Å². The zero-order valence-electron chi connectivity index (χ0n) is 16.1. The number of nitrogens with zero attached hydrogens (tertiary/aromatic N) is 1. The minimum atomic E-state index is -0.382. The van der Waals surface area contributed by atoms with Crippen LogP contribution in [-0.2, 0) is 16.1 Å². The monoisotopic (exact) mass is 399 g/mol. The van der Waals surface area contributed by atoms with Gasteiger partial charge in [0.1, 0.15) is 0 Å². The van der Waals surface area contributed by atoms with Gasteiger partial charge < -0.3 is 15.5 Å². The fourth-order valence-corrected chi connectivity index (χ4v) is 3.58. The molecule has 5 nitrogen and oxygen atoms in total. The van der Waals surface area contributed by atoms with Crippen LogP contribution in [0.5, 0.6) is 0 Å². The number of nitrogens with one attached hydrogen (secondary N) is 2. The molecule has 1 fully saturated rings. The van der Waals surface area contributed by atoms with E-state index >= 15 is 0 Å². The first kappa shape index (κ1) is 20.2. The van der Waals surface area contributed by atoms with Crippen molar-refractivity contribution in [3.63, 3.8) is 0 Å². The fourth-order valence-electron chi connectivity index (χ4n) is 3.45. The second-order valence-electron chi connectivity index (χ2n) is 7.15. The van der Waals surface area contributed by atoms with Crippen LogP contribution in [0.1, 0.15) is 43.4 Å². The number of carbonyl (C=O) groups excluding carboxylic acids is 2. The fraction of sp³-hybridized carbons (Fsp3) is 0.364. The molecule has 3 rings (SSSR count). The van der Waals surface area contributed by atoms with Gasteiger partial charge in [0.25, 0.3) is 0 Å². The van der Waals surface area contributed by atoms with Gasteiger partial charge in [0.15, 0.2) is 0 Å². The highest BCUT2D eigenvalue weighted by Crippen LogP contribution is 2.21. The summed E-state index contributed by atoms with van der Waals surface area (Å²) in [7, 11) is 0. The Morgan fingerprint density at radius 1 is 1.04 bits per heavy atom. The zero-order valence-corrected chi connectivity index (χ0v) is 16.8. The number of hydrogen-bond acceptors (Lipinski definition) is 3. The molecule has 1 heterocycles. The van der Waals surface area contributed by atoms with Crippen LogP contribution < -0.4 is 15.5 Å². The van der Waals surface area contributed by atoms with E-state index in [2.05, 4.69) is 39.8 Å². The molecule has 0 saturated carbocycles. The molecule has 0 radical (unpaired) electrons. The quantitative estimate of drug-likeness (QED) is 0.743. The molecule has 0 aromatic heterocycles. The summed E-state index contributed by atoms with van der Waals surface area (Å²) < 4.78 is 0. The summed E-state index contributed by atoms with van der Waals surface area (Å²) >= 11 is 5.93. The third-order valence-electron chi connectivity index (χ3n) is 4.94. The Hall–Kier alpha value is -2.53. The molecule has 2 amide bonds. The van der Waals surface area contributed by atoms with E-state index < -0.39 is 0 Å². The van der Waals surface area contributed by atoms with Crippen molar-refractivity contribution < 1.29 is 9.59 Å². The molecule has 2 N–H and O–H groups in total. The lowest BCUT2D eigenvalue weighted by Crippen LogP contribution is -2.32. The van der Waals surface area contributed by atoms with Gasteiger partial charge in [-0.3, -0.25) is 9.59 Å². The molecule has 28 heavy (non-hydrogen) atoms. The molecule has 1 aliphatic heterocycles. The van der Waals surface area contributed by atoms with Crippen LogP contribution in [0.15, 0.2) is 48.5 Å². The van der Waals surface area contributed by atoms with Gasteiger partial charge in [-0.15, -0.1) is 0 Å². The Balaban J connectivity index is 1.55. The molecular weight excluding hydrogens is 374 g/mol. The van der Waals surface area contributed by atoms with Crippen LogP contribution in [0.2, 0.25) is 5.02 Å². The van der Waals surface area contributed by atoms with E-state index in [9.17, 15) is 9.59 Å². The first-order valence-corrected chi connectivity index (χ1v) is 10.0. The van der Waals surface area contributed by atoms with Crippen LogP contribution >= 0.6 is 11.6 Å². The van der Waals surface area contributed by atoms with E-state index in [1.807, 2.05) is 12.1 Å². The van der Waals surface area contributed by atoms with Gasteiger partial charge in [-0.2, -0.15) is 0 Å². The van der Waals surface area contributed by atoms with Gasteiger partial charge in [-0.25, -0.2) is 0 Å². The van der Waals surface area contributed by atoms with E-state index in [4.69, 9.17) is 11.6 Å². The topological polar surface area (TPSA) is 61.4 Å². The highest BCUT2D eigenvalue weighted by atomic mass is 35.5. The first-order chi connectivity index (χ1) is 13.5. The maximum absolute atomic E-state index is 12.4. The number of anilines is 1. The van der Waals surface area contributed by atoms with Crippen LogP contribution in [-0.4, -0.2) is 24.9 Å². The summed E-state index contributed by atoms with van der Waals surface area (Å²) in [6, 6.07) is 15.1. The lowest BCUT2D eigenvalue weighted by molar-refractivity contribution is -0.122. The second kappa shape index (κ2) is 9.60. The minimum Gasteiger partial charge on any atom is -0.372 e. The van der Waals surface area contributed by atoms with Crippen LogP contribution in [0.4, 0.5) is 5.69 Å². The number of benzene rings is 2. The molecule has 2 aromatic carbocycles. The van der Waals surface area contributed by atoms with Gasteiger partial charge in [-0.1, -0.05) is 35.9 Å². The molecule has 0 bridgehead atoms. The van der Waals surface area contributed by atoms with Crippen molar-refractivity contribution in [1.29, 1.82) is 0 Å². The Bertz CT molecular complexity index is 800. The molecule has 1 saturated heterocycles. The van der Waals surface area contributed by atoms with Gasteiger partial charge >= 0.3 is 0 Å². The summed E-state index contributed by atoms with van der Waals surface area (Å²) in [5.41, 5.74) is 3.14. The SMILES string of the molecule is CC(=O)NC(CC(=O)NCc1ccc(N2CCCC2)cc1)c1ccc(Cl)cc1. The van der Waals surface area contributed by atoms with E-state index in [0.717, 1.165) is 24.2 Å². The van der Waals surface area contributed by atoms with Crippen molar-refractivity contribution in [2.24, 2.45) is 0 Å². The standard InChI is InChI=1S/C22H26ClN3O2/c1-16(27)25-21(18-6-8-19(23)9-7-18)14-22(28)24-15-17-4-10-20(11-5-17)26-12-2-3-13-26/h4-11,21H,2-3,12-15H2,1H3,(H,24,28)(H,25,27). The van der Waals surface area contributed by atoms with Crippen molar-refractivity contribution >= 4 is 29.1 Å². The van der Waals surface area contributed by atoms with Gasteiger partial charge in [0.2, 0.25) is 11.8 Å². The van der Waals surface area contributed by atoms with Crippen molar-refractivity contribution in [3.05, 3.63) is 64.7 Å². The smallest absolute Gasteiger partial charge is 0.222 e. The lowest BCUT2D eigenvalue weighted by atomic mass is 10.0. The van der Waals surface area contributed by atoms with E-state index in [0.29, 0.717) is 11.6 Å². The Morgan fingerprint density at radius 3 is 2.29 bits per heavy atom. The molecule has 6 heteroatoms.